The van der Waals surface area contributed by atoms with Crippen molar-refractivity contribution in [1.29, 1.82) is 0 Å². The molecule has 1 atom stereocenters. The maximum Gasteiger partial charge on any atom is 0.303 e. The fourth-order valence-electron chi connectivity index (χ4n) is 1.48. The summed E-state index contributed by atoms with van der Waals surface area (Å²) in [7, 11) is 0. The van der Waals surface area contributed by atoms with Gasteiger partial charge in [-0.15, -0.1) is 22.0 Å². The Balaban J connectivity index is 1.94. The molecule has 2 rings (SSSR count). The highest BCUT2D eigenvalue weighted by atomic mass is 32.2. The Morgan fingerprint density at radius 3 is 3.13 bits per heavy atom. The van der Waals surface area contributed by atoms with E-state index in [1.165, 1.54) is 6.42 Å². The quantitative estimate of drug-likeness (QED) is 0.844. The van der Waals surface area contributed by atoms with Gasteiger partial charge in [0.1, 0.15) is 0 Å². The van der Waals surface area contributed by atoms with Crippen molar-refractivity contribution >= 4 is 17.7 Å². The lowest BCUT2D eigenvalue weighted by Gasteiger charge is -1.99. The summed E-state index contributed by atoms with van der Waals surface area (Å²) in [6.45, 7) is 0. The third-order valence-electron chi connectivity index (χ3n) is 2.24. The number of carboxylic acids is 1. The Kier molecular flexibility index (Phi) is 3.25. The maximum atomic E-state index is 10.3. The van der Waals surface area contributed by atoms with Gasteiger partial charge in [-0.05, 0) is 18.6 Å². The second-order valence-electron chi connectivity index (χ2n) is 3.43. The molecule has 2 heterocycles. The van der Waals surface area contributed by atoms with Crippen LogP contribution in [-0.2, 0) is 11.2 Å². The molecule has 0 aliphatic carbocycles. The van der Waals surface area contributed by atoms with E-state index in [2.05, 4.69) is 10.2 Å². The van der Waals surface area contributed by atoms with Crippen LogP contribution in [0.3, 0.4) is 0 Å². The van der Waals surface area contributed by atoms with Gasteiger partial charge in [-0.1, -0.05) is 0 Å². The molecular weight excluding hydrogens is 216 g/mol. The molecule has 1 aromatic heterocycles. The van der Waals surface area contributed by atoms with E-state index in [4.69, 9.17) is 9.52 Å². The molecule has 1 unspecified atom stereocenters. The van der Waals surface area contributed by atoms with Gasteiger partial charge in [0.15, 0.2) is 0 Å². The molecule has 1 aromatic rings. The number of aryl methyl sites for hydroxylation is 1. The molecule has 1 aliphatic heterocycles. The largest absolute Gasteiger partial charge is 0.481 e. The van der Waals surface area contributed by atoms with Crippen molar-refractivity contribution in [3.8, 4) is 0 Å². The van der Waals surface area contributed by atoms with Crippen molar-refractivity contribution < 1.29 is 14.3 Å². The number of nitrogens with zero attached hydrogens (tertiary/aromatic N) is 2. The van der Waals surface area contributed by atoms with Crippen molar-refractivity contribution in [3.05, 3.63) is 11.8 Å². The first-order chi connectivity index (χ1) is 7.25. The van der Waals surface area contributed by atoms with Gasteiger partial charge in [0.05, 0.1) is 11.7 Å². The van der Waals surface area contributed by atoms with Gasteiger partial charge in [-0.25, -0.2) is 0 Å². The Bertz CT molecular complexity index is 347. The van der Waals surface area contributed by atoms with E-state index in [0.29, 0.717) is 23.5 Å². The number of carbonyl (C=O) groups is 1. The van der Waals surface area contributed by atoms with Crippen LogP contribution >= 0.6 is 11.8 Å². The molecule has 0 bridgehead atoms. The number of rotatable bonds is 4. The number of aliphatic carboxylic acids is 1. The average Bonchev–Trinajstić information content (AvgIpc) is 2.85. The van der Waals surface area contributed by atoms with Crippen molar-refractivity contribution in [3.63, 3.8) is 0 Å². The summed E-state index contributed by atoms with van der Waals surface area (Å²) in [5.74, 6) is 1.38. The van der Waals surface area contributed by atoms with Gasteiger partial charge in [0.2, 0.25) is 11.8 Å². The number of thioether (sulfide) groups is 1. The molecule has 0 aromatic carbocycles. The molecule has 1 N–H and O–H groups in total. The van der Waals surface area contributed by atoms with Crippen LogP contribution in [0.15, 0.2) is 4.42 Å². The topological polar surface area (TPSA) is 76.2 Å². The fourth-order valence-corrected chi connectivity index (χ4v) is 2.67. The van der Waals surface area contributed by atoms with Crippen molar-refractivity contribution in [2.75, 3.05) is 5.75 Å². The zero-order valence-corrected chi connectivity index (χ0v) is 9.00. The first kappa shape index (κ1) is 10.5. The van der Waals surface area contributed by atoms with Crippen LogP contribution in [-0.4, -0.2) is 27.0 Å². The van der Waals surface area contributed by atoms with Crippen LogP contribution < -0.4 is 0 Å². The minimum absolute atomic E-state index is 0.0411. The van der Waals surface area contributed by atoms with Gasteiger partial charge < -0.3 is 9.52 Å². The predicted octanol–water partition coefficient (Wildman–Crippen LogP) is 1.65. The zero-order valence-electron chi connectivity index (χ0n) is 8.18. The SMILES string of the molecule is O=C(O)CCc1nnc(C2CCCS2)o1. The summed E-state index contributed by atoms with van der Waals surface area (Å²) in [5.41, 5.74) is 0. The molecule has 0 radical (unpaired) electrons. The van der Waals surface area contributed by atoms with Crippen LogP contribution in [0.5, 0.6) is 0 Å². The number of hydrogen-bond donors (Lipinski definition) is 1. The standard InChI is InChI=1S/C9H12N2O3S/c12-8(13)4-3-7-10-11-9(14-7)6-2-1-5-15-6/h6H,1-5H2,(H,12,13). The van der Waals surface area contributed by atoms with Gasteiger partial charge in [-0.2, -0.15) is 0 Å². The van der Waals surface area contributed by atoms with E-state index in [1.807, 2.05) is 11.8 Å². The molecule has 6 heteroatoms. The Labute approximate surface area is 91.3 Å². The molecule has 0 saturated carbocycles. The van der Waals surface area contributed by atoms with E-state index in [-0.39, 0.29) is 6.42 Å². The summed E-state index contributed by atoms with van der Waals surface area (Å²) in [5, 5.41) is 16.6. The lowest BCUT2D eigenvalue weighted by Crippen LogP contribution is -1.97. The lowest BCUT2D eigenvalue weighted by atomic mass is 10.2. The van der Waals surface area contributed by atoms with Gasteiger partial charge in [0.25, 0.3) is 0 Å². The van der Waals surface area contributed by atoms with E-state index in [0.717, 1.165) is 12.2 Å². The molecule has 1 saturated heterocycles. The molecule has 5 nitrogen and oxygen atoms in total. The zero-order chi connectivity index (χ0) is 10.7. The van der Waals surface area contributed by atoms with Gasteiger partial charge in [0, 0.05) is 6.42 Å². The maximum absolute atomic E-state index is 10.3. The van der Waals surface area contributed by atoms with Gasteiger partial charge >= 0.3 is 5.97 Å². The van der Waals surface area contributed by atoms with Crippen molar-refractivity contribution in [2.24, 2.45) is 0 Å². The van der Waals surface area contributed by atoms with Gasteiger partial charge in [-0.3, -0.25) is 4.79 Å². The lowest BCUT2D eigenvalue weighted by molar-refractivity contribution is -0.137. The third kappa shape index (κ3) is 2.71. The summed E-state index contributed by atoms with van der Waals surface area (Å²) in [6, 6.07) is 0. The number of carboxylic acid groups (broad SMARTS) is 1. The second kappa shape index (κ2) is 4.65. The Morgan fingerprint density at radius 2 is 2.47 bits per heavy atom. The molecule has 0 amide bonds. The highest BCUT2D eigenvalue weighted by Gasteiger charge is 2.23. The molecule has 0 spiro atoms. The van der Waals surface area contributed by atoms with Crippen LogP contribution in [0.25, 0.3) is 0 Å². The third-order valence-corrected chi connectivity index (χ3v) is 3.60. The highest BCUT2D eigenvalue weighted by Crippen LogP contribution is 2.38. The number of aromatic nitrogens is 2. The Morgan fingerprint density at radius 1 is 1.60 bits per heavy atom. The molecule has 82 valence electrons. The second-order valence-corrected chi connectivity index (χ2v) is 4.74. The van der Waals surface area contributed by atoms with Crippen LogP contribution in [0.1, 0.15) is 36.3 Å². The molecule has 1 fully saturated rings. The highest BCUT2D eigenvalue weighted by molar-refractivity contribution is 7.99. The Hall–Kier alpha value is -1.04. The first-order valence-corrected chi connectivity index (χ1v) is 5.96. The number of hydrogen-bond acceptors (Lipinski definition) is 5. The summed E-state index contributed by atoms with van der Waals surface area (Å²) in [4.78, 5) is 10.3. The average molecular weight is 228 g/mol. The van der Waals surface area contributed by atoms with E-state index in [1.54, 1.807) is 0 Å². The normalized spacial score (nSPS) is 20.7. The van der Waals surface area contributed by atoms with Crippen molar-refractivity contribution in [1.82, 2.24) is 10.2 Å². The van der Waals surface area contributed by atoms with Crippen LogP contribution in [0.2, 0.25) is 0 Å². The first-order valence-electron chi connectivity index (χ1n) is 4.91. The minimum Gasteiger partial charge on any atom is -0.481 e. The predicted molar refractivity (Wildman–Crippen MR) is 54.7 cm³/mol. The summed E-state index contributed by atoms with van der Waals surface area (Å²) in [6.07, 6.45) is 2.62. The smallest absolute Gasteiger partial charge is 0.303 e. The summed E-state index contributed by atoms with van der Waals surface area (Å²) < 4.78 is 5.41. The summed E-state index contributed by atoms with van der Waals surface area (Å²) >= 11 is 1.82. The molecular formula is C9H12N2O3S. The molecule has 1 aliphatic rings. The van der Waals surface area contributed by atoms with E-state index >= 15 is 0 Å². The monoisotopic (exact) mass is 228 g/mol. The fraction of sp³-hybridized carbons (Fsp3) is 0.667. The van der Waals surface area contributed by atoms with Crippen LogP contribution in [0.4, 0.5) is 0 Å². The van der Waals surface area contributed by atoms with E-state index < -0.39 is 5.97 Å². The van der Waals surface area contributed by atoms with Crippen molar-refractivity contribution in [2.45, 2.75) is 30.9 Å². The van der Waals surface area contributed by atoms with Crippen LogP contribution in [0, 0.1) is 0 Å². The molecule has 15 heavy (non-hydrogen) atoms. The van der Waals surface area contributed by atoms with E-state index in [9.17, 15) is 4.79 Å². The minimum atomic E-state index is -0.843.